The van der Waals surface area contributed by atoms with E-state index >= 15 is 0 Å². The van der Waals surface area contributed by atoms with E-state index in [4.69, 9.17) is 5.73 Å². The number of hydrogen-bond donors (Lipinski definition) is 2. The van der Waals surface area contributed by atoms with Crippen molar-refractivity contribution in [2.75, 3.05) is 25.9 Å². The van der Waals surface area contributed by atoms with E-state index in [0.29, 0.717) is 17.8 Å². The molecule has 0 aliphatic carbocycles. The van der Waals surface area contributed by atoms with Crippen molar-refractivity contribution in [2.24, 2.45) is 0 Å². The largest absolute Gasteiger partial charge is 0.399 e. The molecule has 7 heteroatoms. The van der Waals surface area contributed by atoms with Gasteiger partial charge < -0.3 is 11.1 Å². The number of carbonyl (C=O) groups is 1. The van der Waals surface area contributed by atoms with Gasteiger partial charge in [0.1, 0.15) is 0 Å². The molecule has 0 saturated carbocycles. The molecule has 0 aliphatic heterocycles. The second-order valence-corrected chi connectivity index (χ2v) is 7.09. The van der Waals surface area contributed by atoms with E-state index in [2.05, 4.69) is 5.32 Å². The fraction of sp³-hybridized carbons (Fsp3) is 0.500. The van der Waals surface area contributed by atoms with Gasteiger partial charge in [-0.1, -0.05) is 6.92 Å². The molecule has 0 saturated heterocycles. The van der Waals surface area contributed by atoms with Gasteiger partial charge in [0.05, 0.1) is 11.4 Å². The molecule has 3 N–H and O–H groups in total. The molecule has 1 aromatic rings. The summed E-state index contributed by atoms with van der Waals surface area (Å²) in [6.07, 6.45) is 0.801. The highest BCUT2D eigenvalue weighted by atomic mass is 32.2. The Morgan fingerprint density at radius 1 is 1.33 bits per heavy atom. The number of hydrogen-bond acceptors (Lipinski definition) is 4. The van der Waals surface area contributed by atoms with Gasteiger partial charge in [-0.05, 0) is 43.5 Å². The lowest BCUT2D eigenvalue weighted by Gasteiger charge is -2.19. The summed E-state index contributed by atoms with van der Waals surface area (Å²) in [5.74, 6) is -0.318. The number of carbonyl (C=O) groups excluding carboxylic acids is 1. The summed E-state index contributed by atoms with van der Waals surface area (Å²) in [7, 11) is -2.35. The van der Waals surface area contributed by atoms with Crippen LogP contribution in [0.4, 0.5) is 5.69 Å². The highest BCUT2D eigenvalue weighted by molar-refractivity contribution is 7.89. The van der Waals surface area contributed by atoms with Crippen LogP contribution in [0.15, 0.2) is 17.0 Å². The Balaban J connectivity index is 3.03. The van der Waals surface area contributed by atoms with Gasteiger partial charge in [0, 0.05) is 19.3 Å². The summed E-state index contributed by atoms with van der Waals surface area (Å²) >= 11 is 0. The maximum atomic E-state index is 12.6. The number of nitrogens with two attached hydrogens (primary N) is 1. The normalized spacial score (nSPS) is 11.7. The van der Waals surface area contributed by atoms with Crippen LogP contribution in [0.25, 0.3) is 0 Å². The molecule has 0 bridgehead atoms. The van der Waals surface area contributed by atoms with Crippen molar-refractivity contribution in [3.8, 4) is 0 Å². The standard InChI is InChI=1S/C14H23N3O3S/c1-5-6-16-14(18)9-17(4)21(19,20)13-8-12(15)7-10(2)11(13)3/h7-8H,5-6,9,15H2,1-4H3,(H,16,18). The van der Waals surface area contributed by atoms with Crippen LogP contribution in [0.1, 0.15) is 24.5 Å². The number of nitrogens with zero attached hydrogens (tertiary/aromatic N) is 1. The van der Waals surface area contributed by atoms with E-state index in [0.717, 1.165) is 16.3 Å². The van der Waals surface area contributed by atoms with Crippen LogP contribution >= 0.6 is 0 Å². The van der Waals surface area contributed by atoms with Crippen LogP contribution in [0, 0.1) is 13.8 Å². The first-order valence-electron chi connectivity index (χ1n) is 6.80. The first-order valence-corrected chi connectivity index (χ1v) is 8.24. The number of aryl methyl sites for hydroxylation is 1. The first-order chi connectivity index (χ1) is 9.70. The number of rotatable bonds is 6. The summed E-state index contributed by atoms with van der Waals surface area (Å²) in [4.78, 5) is 11.8. The Kier molecular flexibility index (Phi) is 5.74. The highest BCUT2D eigenvalue weighted by Gasteiger charge is 2.25. The summed E-state index contributed by atoms with van der Waals surface area (Å²) in [5, 5.41) is 2.65. The highest BCUT2D eigenvalue weighted by Crippen LogP contribution is 2.24. The van der Waals surface area contributed by atoms with Crippen LogP contribution in [0.3, 0.4) is 0 Å². The average molecular weight is 313 g/mol. The van der Waals surface area contributed by atoms with Crippen molar-refractivity contribution in [2.45, 2.75) is 32.1 Å². The maximum Gasteiger partial charge on any atom is 0.243 e. The number of likely N-dealkylation sites (N-methyl/N-ethyl adjacent to an activating group) is 1. The molecule has 118 valence electrons. The molecule has 1 aromatic carbocycles. The van der Waals surface area contributed by atoms with Crippen LogP contribution in [-0.4, -0.2) is 38.8 Å². The zero-order chi connectivity index (χ0) is 16.2. The van der Waals surface area contributed by atoms with Gasteiger partial charge in [-0.2, -0.15) is 4.31 Å². The SMILES string of the molecule is CCCNC(=O)CN(C)S(=O)(=O)c1cc(N)cc(C)c1C. The predicted octanol–water partition coefficient (Wildman–Crippen LogP) is 1.03. The zero-order valence-corrected chi connectivity index (χ0v) is 13.8. The molecule has 6 nitrogen and oxygen atoms in total. The van der Waals surface area contributed by atoms with Gasteiger partial charge in [-0.3, -0.25) is 4.79 Å². The molecule has 0 unspecified atom stereocenters. The molecule has 0 atom stereocenters. The molecule has 1 rings (SSSR count). The monoisotopic (exact) mass is 313 g/mol. The van der Waals surface area contributed by atoms with Crippen molar-refractivity contribution < 1.29 is 13.2 Å². The third-order valence-corrected chi connectivity index (χ3v) is 5.20. The quantitative estimate of drug-likeness (QED) is 0.767. The van der Waals surface area contributed by atoms with Crippen molar-refractivity contribution >= 4 is 21.6 Å². The van der Waals surface area contributed by atoms with E-state index in [-0.39, 0.29) is 17.3 Å². The molecule has 0 heterocycles. The molecule has 0 aliphatic rings. The number of anilines is 1. The Morgan fingerprint density at radius 3 is 2.52 bits per heavy atom. The molecule has 0 fully saturated rings. The van der Waals surface area contributed by atoms with Gasteiger partial charge in [0.25, 0.3) is 0 Å². The topological polar surface area (TPSA) is 92.5 Å². The maximum absolute atomic E-state index is 12.6. The third-order valence-electron chi connectivity index (χ3n) is 3.27. The lowest BCUT2D eigenvalue weighted by Crippen LogP contribution is -2.38. The Labute approximate surface area is 126 Å². The van der Waals surface area contributed by atoms with Gasteiger partial charge in [-0.25, -0.2) is 8.42 Å². The smallest absolute Gasteiger partial charge is 0.243 e. The number of sulfonamides is 1. The molecule has 0 spiro atoms. The average Bonchev–Trinajstić information content (AvgIpc) is 2.40. The van der Waals surface area contributed by atoms with E-state index in [1.54, 1.807) is 19.9 Å². The number of benzene rings is 1. The fourth-order valence-electron chi connectivity index (χ4n) is 1.90. The minimum absolute atomic E-state index is 0.144. The van der Waals surface area contributed by atoms with Gasteiger partial charge in [0.2, 0.25) is 15.9 Å². The second kappa shape index (κ2) is 6.91. The van der Waals surface area contributed by atoms with Gasteiger partial charge in [0.15, 0.2) is 0 Å². The van der Waals surface area contributed by atoms with Crippen LogP contribution in [0.5, 0.6) is 0 Å². The third kappa shape index (κ3) is 4.18. The molecule has 21 heavy (non-hydrogen) atoms. The predicted molar refractivity (Wildman–Crippen MR) is 83.4 cm³/mol. The van der Waals surface area contributed by atoms with Gasteiger partial charge >= 0.3 is 0 Å². The Hall–Kier alpha value is -1.60. The summed E-state index contributed by atoms with van der Waals surface area (Å²) in [6.45, 7) is 5.78. The van der Waals surface area contributed by atoms with Crippen LogP contribution in [-0.2, 0) is 14.8 Å². The Morgan fingerprint density at radius 2 is 1.95 bits per heavy atom. The van der Waals surface area contributed by atoms with Crippen molar-refractivity contribution in [1.29, 1.82) is 0 Å². The summed E-state index contributed by atoms with van der Waals surface area (Å²) in [5.41, 5.74) is 7.57. The minimum Gasteiger partial charge on any atom is -0.399 e. The lowest BCUT2D eigenvalue weighted by molar-refractivity contribution is -0.121. The van der Waals surface area contributed by atoms with Gasteiger partial charge in [-0.15, -0.1) is 0 Å². The molecule has 0 radical (unpaired) electrons. The molecular formula is C14H23N3O3S. The lowest BCUT2D eigenvalue weighted by atomic mass is 10.1. The van der Waals surface area contributed by atoms with Crippen molar-refractivity contribution in [3.05, 3.63) is 23.3 Å². The van der Waals surface area contributed by atoms with E-state index in [1.165, 1.54) is 13.1 Å². The minimum atomic E-state index is -3.74. The summed E-state index contributed by atoms with van der Waals surface area (Å²) in [6, 6.07) is 3.15. The van der Waals surface area contributed by atoms with Crippen molar-refractivity contribution in [3.63, 3.8) is 0 Å². The summed E-state index contributed by atoms with van der Waals surface area (Å²) < 4.78 is 26.2. The molecule has 1 amide bonds. The molecular weight excluding hydrogens is 290 g/mol. The molecule has 0 aromatic heterocycles. The van der Waals surface area contributed by atoms with E-state index in [1.807, 2.05) is 6.92 Å². The second-order valence-electron chi connectivity index (χ2n) is 5.07. The first kappa shape index (κ1) is 17.5. The number of nitrogens with one attached hydrogen (secondary N) is 1. The number of nitrogen functional groups attached to an aromatic ring is 1. The van der Waals surface area contributed by atoms with E-state index < -0.39 is 10.0 Å². The number of amides is 1. The van der Waals surface area contributed by atoms with Crippen LogP contribution < -0.4 is 11.1 Å². The zero-order valence-electron chi connectivity index (χ0n) is 12.9. The fourth-order valence-corrected chi connectivity index (χ4v) is 3.35. The van der Waals surface area contributed by atoms with Crippen LogP contribution in [0.2, 0.25) is 0 Å². The van der Waals surface area contributed by atoms with Crippen molar-refractivity contribution in [1.82, 2.24) is 9.62 Å². The van der Waals surface area contributed by atoms with E-state index in [9.17, 15) is 13.2 Å². The Bertz CT molecular complexity index is 627.